The Labute approximate surface area is 97.8 Å². The molecule has 0 aliphatic carbocycles. The second-order valence-corrected chi connectivity index (χ2v) is 4.09. The number of benzene rings is 1. The van der Waals surface area contributed by atoms with E-state index in [0.717, 1.165) is 12.1 Å². The van der Waals surface area contributed by atoms with Gasteiger partial charge in [0.1, 0.15) is 6.04 Å². The molecule has 2 N–H and O–H groups in total. The molecule has 0 spiro atoms. The first-order valence-corrected chi connectivity index (χ1v) is 5.43. The second kappa shape index (κ2) is 4.00. The molecule has 1 unspecified atom stereocenters. The number of halogens is 2. The lowest BCUT2D eigenvalue weighted by Crippen LogP contribution is -2.27. The second-order valence-electron chi connectivity index (χ2n) is 3.31. The summed E-state index contributed by atoms with van der Waals surface area (Å²) >= 11 is 11.9. The number of rotatable bonds is 2. The predicted octanol–water partition coefficient (Wildman–Crippen LogP) is 2.60. The Morgan fingerprint density at radius 1 is 1.47 bits per heavy atom. The van der Waals surface area contributed by atoms with Crippen LogP contribution in [0.4, 0.5) is 5.69 Å². The highest BCUT2D eigenvalue weighted by atomic mass is 35.5. The molecular weight excluding hydrogens is 235 g/mol. The average molecular weight is 245 g/mol. The summed E-state index contributed by atoms with van der Waals surface area (Å²) in [5.74, 6) is -0.0870. The molecule has 0 fully saturated rings. The molecule has 1 aromatic rings. The van der Waals surface area contributed by atoms with Crippen molar-refractivity contribution in [3.05, 3.63) is 27.7 Å². The van der Waals surface area contributed by atoms with Crippen LogP contribution in [0, 0.1) is 0 Å². The zero-order valence-corrected chi connectivity index (χ0v) is 9.62. The molecule has 0 saturated heterocycles. The SMILES string of the molecule is CCNC1C(=O)Nc2c1ccc(Cl)c2Cl. The summed E-state index contributed by atoms with van der Waals surface area (Å²) in [6.45, 7) is 2.67. The van der Waals surface area contributed by atoms with Gasteiger partial charge in [-0.15, -0.1) is 0 Å². The zero-order chi connectivity index (χ0) is 11.0. The van der Waals surface area contributed by atoms with Crippen molar-refractivity contribution in [3.63, 3.8) is 0 Å². The molecule has 0 bridgehead atoms. The van der Waals surface area contributed by atoms with E-state index in [2.05, 4.69) is 10.6 Å². The van der Waals surface area contributed by atoms with Crippen molar-refractivity contribution in [2.75, 3.05) is 11.9 Å². The van der Waals surface area contributed by atoms with Gasteiger partial charge in [0.05, 0.1) is 15.7 Å². The van der Waals surface area contributed by atoms with Crippen molar-refractivity contribution in [1.29, 1.82) is 0 Å². The van der Waals surface area contributed by atoms with Crippen LogP contribution < -0.4 is 10.6 Å². The molecule has 3 nitrogen and oxygen atoms in total. The maximum Gasteiger partial charge on any atom is 0.246 e. The molecule has 1 heterocycles. The molecule has 1 atom stereocenters. The van der Waals surface area contributed by atoms with Crippen molar-refractivity contribution >= 4 is 34.8 Å². The van der Waals surface area contributed by atoms with Crippen LogP contribution in [0.15, 0.2) is 12.1 Å². The molecule has 15 heavy (non-hydrogen) atoms. The number of carbonyl (C=O) groups excluding carboxylic acids is 1. The number of hydrogen-bond donors (Lipinski definition) is 2. The Balaban J connectivity index is 2.47. The standard InChI is InChI=1S/C10H10Cl2N2O/c1-2-13-9-5-3-4-6(11)7(12)8(5)14-10(9)15/h3-4,9,13H,2H2,1H3,(H,14,15). The number of anilines is 1. The fraction of sp³-hybridized carbons (Fsp3) is 0.300. The van der Waals surface area contributed by atoms with Gasteiger partial charge < -0.3 is 10.6 Å². The molecule has 0 radical (unpaired) electrons. The molecule has 80 valence electrons. The highest BCUT2D eigenvalue weighted by Gasteiger charge is 2.31. The van der Waals surface area contributed by atoms with E-state index in [-0.39, 0.29) is 11.9 Å². The Morgan fingerprint density at radius 3 is 2.87 bits per heavy atom. The number of fused-ring (bicyclic) bond motifs is 1. The zero-order valence-electron chi connectivity index (χ0n) is 8.10. The van der Waals surface area contributed by atoms with Crippen molar-refractivity contribution in [3.8, 4) is 0 Å². The van der Waals surface area contributed by atoms with E-state index >= 15 is 0 Å². The number of amides is 1. The summed E-state index contributed by atoms with van der Waals surface area (Å²) in [7, 11) is 0. The molecule has 1 aliphatic heterocycles. The van der Waals surface area contributed by atoms with Crippen molar-refractivity contribution in [1.82, 2.24) is 5.32 Å². The van der Waals surface area contributed by atoms with Crippen LogP contribution in [0.1, 0.15) is 18.5 Å². The quantitative estimate of drug-likeness (QED) is 0.840. The summed E-state index contributed by atoms with van der Waals surface area (Å²) in [6.07, 6.45) is 0. The van der Waals surface area contributed by atoms with Crippen LogP contribution in [0.3, 0.4) is 0 Å². The fourth-order valence-electron chi connectivity index (χ4n) is 1.68. The van der Waals surface area contributed by atoms with Crippen molar-refractivity contribution in [2.24, 2.45) is 0 Å². The van der Waals surface area contributed by atoms with E-state index in [1.165, 1.54) is 0 Å². The first kappa shape index (κ1) is 10.7. The van der Waals surface area contributed by atoms with Gasteiger partial charge in [0, 0.05) is 5.56 Å². The minimum Gasteiger partial charge on any atom is -0.323 e. The smallest absolute Gasteiger partial charge is 0.246 e. The summed E-state index contributed by atoms with van der Waals surface area (Å²) in [5.41, 5.74) is 1.48. The molecule has 2 rings (SSSR count). The van der Waals surface area contributed by atoms with Gasteiger partial charge in [0.25, 0.3) is 0 Å². The molecule has 1 aliphatic rings. The average Bonchev–Trinajstić information content (AvgIpc) is 2.52. The molecule has 1 aromatic carbocycles. The monoisotopic (exact) mass is 244 g/mol. The van der Waals surface area contributed by atoms with Crippen LogP contribution in [-0.4, -0.2) is 12.5 Å². The van der Waals surface area contributed by atoms with Gasteiger partial charge in [-0.2, -0.15) is 0 Å². The maximum absolute atomic E-state index is 11.6. The van der Waals surface area contributed by atoms with Crippen molar-refractivity contribution < 1.29 is 4.79 Å². The lowest BCUT2D eigenvalue weighted by atomic mass is 10.1. The number of carbonyl (C=O) groups is 1. The molecule has 1 amide bonds. The van der Waals surface area contributed by atoms with Crippen LogP contribution >= 0.6 is 23.2 Å². The Morgan fingerprint density at radius 2 is 2.20 bits per heavy atom. The minimum absolute atomic E-state index is 0.0870. The summed E-state index contributed by atoms with van der Waals surface area (Å²) in [6, 6.07) is 3.20. The van der Waals surface area contributed by atoms with E-state index in [1.807, 2.05) is 13.0 Å². The molecular formula is C10H10Cl2N2O. The Kier molecular flexibility index (Phi) is 2.87. The van der Waals surface area contributed by atoms with E-state index in [1.54, 1.807) is 6.07 Å². The minimum atomic E-state index is -0.320. The first-order chi connectivity index (χ1) is 7.15. The highest BCUT2D eigenvalue weighted by molar-refractivity contribution is 6.44. The molecule has 0 saturated carbocycles. The predicted molar refractivity (Wildman–Crippen MR) is 61.5 cm³/mol. The summed E-state index contributed by atoms with van der Waals surface area (Å²) in [4.78, 5) is 11.6. The largest absolute Gasteiger partial charge is 0.323 e. The third kappa shape index (κ3) is 1.71. The molecule has 5 heteroatoms. The lowest BCUT2D eigenvalue weighted by Gasteiger charge is -2.09. The third-order valence-corrected chi connectivity index (χ3v) is 3.16. The van der Waals surface area contributed by atoms with E-state index in [4.69, 9.17) is 23.2 Å². The van der Waals surface area contributed by atoms with Gasteiger partial charge in [0.15, 0.2) is 0 Å². The van der Waals surface area contributed by atoms with Gasteiger partial charge in [-0.05, 0) is 12.6 Å². The Hall–Kier alpha value is -0.770. The van der Waals surface area contributed by atoms with Gasteiger partial charge in [-0.25, -0.2) is 0 Å². The number of nitrogens with one attached hydrogen (secondary N) is 2. The van der Waals surface area contributed by atoms with E-state index in [9.17, 15) is 4.79 Å². The number of hydrogen-bond acceptors (Lipinski definition) is 2. The van der Waals surface area contributed by atoms with Crippen LogP contribution in [-0.2, 0) is 4.79 Å². The summed E-state index contributed by atoms with van der Waals surface area (Å²) < 4.78 is 0. The molecule has 0 aromatic heterocycles. The van der Waals surface area contributed by atoms with Crippen LogP contribution in [0.5, 0.6) is 0 Å². The van der Waals surface area contributed by atoms with E-state index in [0.29, 0.717) is 15.7 Å². The first-order valence-electron chi connectivity index (χ1n) is 4.67. The van der Waals surface area contributed by atoms with Gasteiger partial charge in [-0.3, -0.25) is 4.79 Å². The Bertz CT molecular complexity index is 420. The fourth-order valence-corrected chi connectivity index (χ4v) is 2.05. The lowest BCUT2D eigenvalue weighted by molar-refractivity contribution is -0.117. The van der Waals surface area contributed by atoms with Gasteiger partial charge in [-0.1, -0.05) is 36.2 Å². The topological polar surface area (TPSA) is 41.1 Å². The van der Waals surface area contributed by atoms with Crippen molar-refractivity contribution in [2.45, 2.75) is 13.0 Å². The summed E-state index contributed by atoms with van der Waals surface area (Å²) in [5, 5.41) is 6.66. The number of likely N-dealkylation sites (N-methyl/N-ethyl adjacent to an activating group) is 1. The van der Waals surface area contributed by atoms with Gasteiger partial charge >= 0.3 is 0 Å². The van der Waals surface area contributed by atoms with E-state index < -0.39 is 0 Å². The normalized spacial score (nSPS) is 18.9. The van der Waals surface area contributed by atoms with Crippen LogP contribution in [0.2, 0.25) is 10.0 Å². The van der Waals surface area contributed by atoms with Crippen LogP contribution in [0.25, 0.3) is 0 Å². The van der Waals surface area contributed by atoms with Gasteiger partial charge in [0.2, 0.25) is 5.91 Å². The third-order valence-electron chi connectivity index (χ3n) is 2.36. The highest BCUT2D eigenvalue weighted by Crippen LogP contribution is 2.40. The maximum atomic E-state index is 11.6.